The summed E-state index contributed by atoms with van der Waals surface area (Å²) in [5.41, 5.74) is 12.0. The highest BCUT2D eigenvalue weighted by molar-refractivity contribution is 7.15. The van der Waals surface area contributed by atoms with Crippen LogP contribution in [0.3, 0.4) is 0 Å². The molecular formula is C30H26N2O2S. The lowest BCUT2D eigenvalue weighted by atomic mass is 9.95. The summed E-state index contributed by atoms with van der Waals surface area (Å²) in [7, 11) is 0. The number of imide groups is 1. The Morgan fingerprint density at radius 2 is 1.46 bits per heavy atom. The summed E-state index contributed by atoms with van der Waals surface area (Å²) in [6.07, 6.45) is 0. The zero-order chi connectivity index (χ0) is 24.9. The third kappa shape index (κ3) is 3.69. The molecule has 4 nitrogen and oxygen atoms in total. The van der Waals surface area contributed by atoms with Gasteiger partial charge in [-0.2, -0.15) is 0 Å². The number of rotatable bonds is 3. The van der Waals surface area contributed by atoms with E-state index in [4.69, 9.17) is 5.73 Å². The van der Waals surface area contributed by atoms with Gasteiger partial charge in [-0.25, -0.2) is 4.90 Å². The lowest BCUT2D eigenvalue weighted by Gasteiger charge is -2.17. The van der Waals surface area contributed by atoms with E-state index in [0.717, 1.165) is 42.8 Å². The molecule has 1 aliphatic rings. The van der Waals surface area contributed by atoms with Crippen molar-refractivity contribution < 1.29 is 9.59 Å². The van der Waals surface area contributed by atoms with Crippen LogP contribution in [-0.4, -0.2) is 11.8 Å². The van der Waals surface area contributed by atoms with E-state index in [1.165, 1.54) is 4.90 Å². The minimum absolute atomic E-state index is 0.296. The number of nitrogen functional groups attached to an aromatic ring is 1. The number of carbonyl (C=O) groups excluding carboxylic acids is 2. The van der Waals surface area contributed by atoms with E-state index in [1.54, 1.807) is 11.3 Å². The van der Waals surface area contributed by atoms with Gasteiger partial charge in [0.2, 0.25) is 0 Å². The van der Waals surface area contributed by atoms with Gasteiger partial charge >= 0.3 is 0 Å². The van der Waals surface area contributed by atoms with Crippen LogP contribution < -0.4 is 10.6 Å². The Hall–Kier alpha value is -3.96. The van der Waals surface area contributed by atoms with Gasteiger partial charge in [-0.05, 0) is 62.6 Å². The van der Waals surface area contributed by atoms with Crippen molar-refractivity contribution in [2.75, 3.05) is 10.6 Å². The predicted octanol–water partition coefficient (Wildman–Crippen LogP) is 7.14. The standard InChI is InChI=1S/C30H26N2O2S/c1-17(2)27-28(18(3)23-16-26(35-19(23)4)20-10-6-5-7-11-20)30(34)32(29(27)33)25-15-9-12-21-22(25)13-8-14-24(21)31/h5-16H,31H2,1-4H3/b28-18+. The molecule has 0 bridgehead atoms. The molecule has 174 valence electrons. The molecule has 2 N–H and O–H groups in total. The fraction of sp³-hybridized carbons (Fsp3) is 0.133. The normalized spacial score (nSPS) is 15.3. The van der Waals surface area contributed by atoms with E-state index < -0.39 is 0 Å². The molecule has 4 aromatic rings. The Bertz CT molecular complexity index is 1570. The summed E-state index contributed by atoms with van der Waals surface area (Å²) in [5.74, 6) is -0.596. The van der Waals surface area contributed by atoms with Crippen LogP contribution >= 0.6 is 11.3 Å². The number of hydrogen-bond acceptors (Lipinski definition) is 4. The maximum atomic E-state index is 13.9. The molecule has 2 amide bonds. The highest BCUT2D eigenvalue weighted by Gasteiger charge is 2.42. The number of carbonyl (C=O) groups is 2. The molecule has 2 heterocycles. The average Bonchev–Trinajstić information content (AvgIpc) is 3.36. The van der Waals surface area contributed by atoms with Crippen LogP contribution in [0, 0.1) is 6.92 Å². The number of aryl methyl sites for hydroxylation is 1. The monoisotopic (exact) mass is 478 g/mol. The van der Waals surface area contributed by atoms with E-state index in [2.05, 4.69) is 25.1 Å². The Kier molecular flexibility index (Phi) is 5.65. The second-order valence-electron chi connectivity index (χ2n) is 8.99. The number of thiophene rings is 1. The summed E-state index contributed by atoms with van der Waals surface area (Å²) in [6, 6.07) is 23.4. The molecule has 1 fully saturated rings. The molecule has 0 atom stereocenters. The molecule has 35 heavy (non-hydrogen) atoms. The minimum Gasteiger partial charge on any atom is -0.398 e. The Morgan fingerprint density at radius 1 is 0.800 bits per heavy atom. The number of allylic oxidation sites excluding steroid dienone is 2. The molecule has 1 aromatic heterocycles. The number of nitrogens with zero attached hydrogens (tertiary/aromatic N) is 1. The minimum atomic E-state index is -0.300. The number of hydrogen-bond donors (Lipinski definition) is 1. The Morgan fingerprint density at radius 3 is 2.17 bits per heavy atom. The lowest BCUT2D eigenvalue weighted by Crippen LogP contribution is -2.29. The van der Waals surface area contributed by atoms with Crippen molar-refractivity contribution in [1.29, 1.82) is 0 Å². The van der Waals surface area contributed by atoms with Crippen molar-refractivity contribution >= 4 is 50.9 Å². The number of anilines is 2. The summed E-state index contributed by atoms with van der Waals surface area (Å²) < 4.78 is 0. The molecular weight excluding hydrogens is 452 g/mol. The van der Waals surface area contributed by atoms with E-state index in [1.807, 2.05) is 75.4 Å². The third-order valence-corrected chi connectivity index (χ3v) is 7.61. The summed E-state index contributed by atoms with van der Waals surface area (Å²) in [4.78, 5) is 31.2. The molecule has 5 heteroatoms. The van der Waals surface area contributed by atoms with Crippen molar-refractivity contribution in [3.8, 4) is 10.4 Å². The van der Waals surface area contributed by atoms with E-state index in [9.17, 15) is 9.59 Å². The first-order chi connectivity index (χ1) is 16.8. The van der Waals surface area contributed by atoms with Gasteiger partial charge in [0, 0.05) is 26.2 Å². The first-order valence-corrected chi connectivity index (χ1v) is 12.3. The van der Waals surface area contributed by atoms with Gasteiger partial charge in [0.15, 0.2) is 0 Å². The van der Waals surface area contributed by atoms with Gasteiger partial charge in [0.1, 0.15) is 0 Å². The maximum Gasteiger partial charge on any atom is 0.266 e. The topological polar surface area (TPSA) is 63.4 Å². The number of nitrogens with two attached hydrogens (primary N) is 1. The number of fused-ring (bicyclic) bond motifs is 1. The molecule has 1 aliphatic heterocycles. The van der Waals surface area contributed by atoms with Gasteiger partial charge in [-0.15, -0.1) is 11.3 Å². The first-order valence-electron chi connectivity index (χ1n) is 11.5. The van der Waals surface area contributed by atoms with Gasteiger partial charge < -0.3 is 5.73 Å². The fourth-order valence-corrected chi connectivity index (χ4v) is 5.89. The van der Waals surface area contributed by atoms with Gasteiger partial charge in [-0.3, -0.25) is 9.59 Å². The SMILES string of the molecule is CC(C)=C1C(=O)N(c2cccc3c(N)cccc23)C(=O)/C1=C(\C)c1cc(-c2ccccc2)sc1C. The predicted molar refractivity (Wildman–Crippen MR) is 146 cm³/mol. The van der Waals surface area contributed by atoms with E-state index >= 15 is 0 Å². The van der Waals surface area contributed by atoms with E-state index in [-0.39, 0.29) is 11.8 Å². The quantitative estimate of drug-likeness (QED) is 0.193. The smallest absolute Gasteiger partial charge is 0.266 e. The zero-order valence-electron chi connectivity index (χ0n) is 20.2. The third-order valence-electron chi connectivity index (χ3n) is 6.51. The molecule has 5 rings (SSSR count). The molecule has 0 saturated carbocycles. The van der Waals surface area contributed by atoms with Crippen LogP contribution in [0.4, 0.5) is 11.4 Å². The fourth-order valence-electron chi connectivity index (χ4n) is 4.81. The Labute approximate surface area is 209 Å². The second-order valence-corrected chi connectivity index (χ2v) is 10.2. The highest BCUT2D eigenvalue weighted by atomic mass is 32.1. The average molecular weight is 479 g/mol. The molecule has 0 aliphatic carbocycles. The summed E-state index contributed by atoms with van der Waals surface area (Å²) in [5, 5.41) is 1.60. The number of amides is 2. The molecule has 0 radical (unpaired) electrons. The van der Waals surface area contributed by atoms with Crippen molar-refractivity contribution in [3.05, 3.63) is 100.0 Å². The van der Waals surface area contributed by atoms with Gasteiger partial charge in [0.25, 0.3) is 11.8 Å². The molecule has 1 saturated heterocycles. The van der Waals surface area contributed by atoms with Crippen LogP contribution in [-0.2, 0) is 9.59 Å². The summed E-state index contributed by atoms with van der Waals surface area (Å²) in [6.45, 7) is 7.77. The molecule has 3 aromatic carbocycles. The second kappa shape index (κ2) is 8.67. The van der Waals surface area contributed by atoms with Crippen molar-refractivity contribution in [2.45, 2.75) is 27.7 Å². The van der Waals surface area contributed by atoms with Crippen molar-refractivity contribution in [2.24, 2.45) is 0 Å². The van der Waals surface area contributed by atoms with Crippen LogP contribution in [0.5, 0.6) is 0 Å². The largest absolute Gasteiger partial charge is 0.398 e. The first kappa shape index (κ1) is 22.8. The van der Waals surface area contributed by atoms with Crippen LogP contribution in [0.25, 0.3) is 26.8 Å². The molecule has 0 spiro atoms. The Balaban J connectivity index is 1.69. The van der Waals surface area contributed by atoms with Gasteiger partial charge in [-0.1, -0.05) is 60.2 Å². The van der Waals surface area contributed by atoms with Gasteiger partial charge in [0.05, 0.1) is 16.8 Å². The maximum absolute atomic E-state index is 13.9. The zero-order valence-corrected chi connectivity index (χ0v) is 21.0. The van der Waals surface area contributed by atoms with Crippen LogP contribution in [0.15, 0.2) is 89.5 Å². The van der Waals surface area contributed by atoms with Crippen LogP contribution in [0.1, 0.15) is 31.2 Å². The molecule has 0 unspecified atom stereocenters. The lowest BCUT2D eigenvalue weighted by molar-refractivity contribution is -0.119. The summed E-state index contributed by atoms with van der Waals surface area (Å²) >= 11 is 1.69. The van der Waals surface area contributed by atoms with E-state index in [0.29, 0.717) is 22.5 Å². The van der Waals surface area contributed by atoms with Crippen molar-refractivity contribution in [1.82, 2.24) is 0 Å². The van der Waals surface area contributed by atoms with Crippen molar-refractivity contribution in [3.63, 3.8) is 0 Å². The van der Waals surface area contributed by atoms with Crippen LogP contribution in [0.2, 0.25) is 0 Å². The highest BCUT2D eigenvalue weighted by Crippen LogP contribution is 2.42. The number of benzene rings is 3.